The summed E-state index contributed by atoms with van der Waals surface area (Å²) in [7, 11) is -2.96. The van der Waals surface area contributed by atoms with E-state index >= 15 is 0 Å². The lowest BCUT2D eigenvalue weighted by Gasteiger charge is -2.07. The lowest BCUT2D eigenvalue weighted by molar-refractivity contribution is -0.392. The molecule has 0 saturated carbocycles. The molecule has 0 aromatic heterocycles. The van der Waals surface area contributed by atoms with Crippen LogP contribution in [0.15, 0.2) is 17.0 Å². The number of methoxy groups -OCH3 is 1. The normalized spacial score (nSPS) is 10.8. The minimum absolute atomic E-state index is 0.615. The maximum atomic E-state index is 11.4. The highest BCUT2D eigenvalue weighted by Crippen LogP contribution is 2.37. The van der Waals surface area contributed by atoms with Crippen LogP contribution in [0.5, 0.6) is 0 Å². The number of hydrogen-bond donors (Lipinski definition) is 1. The van der Waals surface area contributed by atoms with Crippen LogP contribution in [0.25, 0.3) is 0 Å². The number of benzene rings is 1. The van der Waals surface area contributed by atoms with Crippen LogP contribution < -0.4 is 5.32 Å². The first-order valence-electron chi connectivity index (χ1n) is 5.09. The lowest BCUT2D eigenvalue weighted by Crippen LogP contribution is -2.14. The van der Waals surface area contributed by atoms with Gasteiger partial charge in [0.25, 0.3) is 0 Å². The van der Waals surface area contributed by atoms with Gasteiger partial charge in [0.05, 0.1) is 21.9 Å². The molecule has 1 rings (SSSR count). The number of nitrogens with zero attached hydrogens (tertiary/aromatic N) is 2. The van der Waals surface area contributed by atoms with Gasteiger partial charge in [0.2, 0.25) is 5.69 Å². The van der Waals surface area contributed by atoms with E-state index in [1.54, 1.807) is 0 Å². The minimum atomic E-state index is -3.92. The number of nitrogens with one attached hydrogen (secondary N) is 1. The molecule has 114 valence electrons. The van der Waals surface area contributed by atoms with Crippen LogP contribution in [-0.2, 0) is 14.6 Å². The monoisotopic (exact) mass is 319 g/mol. The van der Waals surface area contributed by atoms with E-state index in [0.717, 1.165) is 13.4 Å². The summed E-state index contributed by atoms with van der Waals surface area (Å²) in [4.78, 5) is 30.3. The molecule has 0 unspecified atom stereocenters. The number of sulfone groups is 1. The molecule has 0 aliphatic carbocycles. The SMILES string of the molecule is COC(=O)Nc1c([N+](=O)[O-])cc(S(C)(=O)=O)cc1[N+](=O)[O-]. The number of amides is 1. The molecular weight excluding hydrogens is 310 g/mol. The Morgan fingerprint density at radius 3 is 1.90 bits per heavy atom. The number of nitro benzene ring substituents is 2. The highest BCUT2D eigenvalue weighted by molar-refractivity contribution is 7.90. The van der Waals surface area contributed by atoms with Crippen LogP contribution in [-0.4, -0.2) is 37.7 Å². The molecule has 0 saturated heterocycles. The second kappa shape index (κ2) is 5.70. The fourth-order valence-corrected chi connectivity index (χ4v) is 2.02. The summed E-state index contributed by atoms with van der Waals surface area (Å²) in [5.41, 5.74) is -2.63. The molecule has 0 bridgehead atoms. The number of anilines is 1. The standard InChI is InChI=1S/C9H9N3O8S/c1-20-9(13)10-8-6(11(14)15)3-5(21(2,18)19)4-7(8)12(16)17/h3-4H,1-2H3,(H,10,13). The van der Waals surface area contributed by atoms with Crippen LogP contribution in [0, 0.1) is 20.2 Å². The molecule has 12 heteroatoms. The Morgan fingerprint density at radius 1 is 1.19 bits per heavy atom. The number of carbonyl (C=O) groups excluding carboxylic acids is 1. The van der Waals surface area contributed by atoms with Gasteiger partial charge in [0.15, 0.2) is 9.84 Å². The maximum Gasteiger partial charge on any atom is 0.411 e. The summed E-state index contributed by atoms with van der Waals surface area (Å²) in [5, 5.41) is 23.7. The largest absolute Gasteiger partial charge is 0.453 e. The molecule has 1 aromatic rings. The number of rotatable bonds is 4. The van der Waals surface area contributed by atoms with E-state index in [0.29, 0.717) is 12.1 Å². The van der Waals surface area contributed by atoms with Gasteiger partial charge in [-0.2, -0.15) is 0 Å². The van der Waals surface area contributed by atoms with E-state index < -0.39 is 47.7 Å². The molecule has 0 aliphatic heterocycles. The molecule has 1 N–H and O–H groups in total. The Kier molecular flexibility index (Phi) is 4.42. The van der Waals surface area contributed by atoms with Crippen molar-refractivity contribution >= 4 is 33.0 Å². The van der Waals surface area contributed by atoms with Crippen molar-refractivity contribution in [2.45, 2.75) is 4.90 Å². The third-order valence-corrected chi connectivity index (χ3v) is 3.40. The number of hydrogen-bond acceptors (Lipinski definition) is 8. The first-order valence-corrected chi connectivity index (χ1v) is 6.99. The molecule has 21 heavy (non-hydrogen) atoms. The smallest absolute Gasteiger partial charge is 0.411 e. The average molecular weight is 319 g/mol. The zero-order chi connectivity index (χ0) is 16.4. The van der Waals surface area contributed by atoms with E-state index in [9.17, 15) is 33.4 Å². The van der Waals surface area contributed by atoms with Gasteiger partial charge >= 0.3 is 17.5 Å². The predicted octanol–water partition coefficient (Wildman–Crippen LogP) is 1.08. The Bertz CT molecular complexity index is 692. The van der Waals surface area contributed by atoms with E-state index in [2.05, 4.69) is 4.74 Å². The molecule has 0 radical (unpaired) electrons. The number of ether oxygens (including phenoxy) is 1. The quantitative estimate of drug-likeness (QED) is 0.637. The van der Waals surface area contributed by atoms with Crippen molar-refractivity contribution in [1.82, 2.24) is 0 Å². The molecule has 1 aromatic carbocycles. The minimum Gasteiger partial charge on any atom is -0.453 e. The van der Waals surface area contributed by atoms with E-state index in [1.807, 2.05) is 5.32 Å². The molecular formula is C9H9N3O8S. The highest BCUT2D eigenvalue weighted by Gasteiger charge is 2.30. The molecule has 0 atom stereocenters. The predicted molar refractivity (Wildman–Crippen MR) is 68.9 cm³/mol. The van der Waals surface area contributed by atoms with Gasteiger partial charge < -0.3 is 4.74 Å². The van der Waals surface area contributed by atoms with Crippen molar-refractivity contribution in [2.24, 2.45) is 0 Å². The summed E-state index contributed by atoms with van der Waals surface area (Å²) < 4.78 is 27.0. The Morgan fingerprint density at radius 2 is 1.62 bits per heavy atom. The summed E-state index contributed by atoms with van der Waals surface area (Å²) in [6, 6.07) is 1.24. The van der Waals surface area contributed by atoms with Crippen LogP contribution >= 0.6 is 0 Å². The van der Waals surface area contributed by atoms with Gasteiger partial charge in [-0.1, -0.05) is 0 Å². The van der Waals surface area contributed by atoms with Crippen molar-refractivity contribution in [1.29, 1.82) is 0 Å². The van der Waals surface area contributed by atoms with Crippen LogP contribution in [0.4, 0.5) is 21.9 Å². The second-order valence-electron chi connectivity index (χ2n) is 3.74. The summed E-state index contributed by atoms with van der Waals surface area (Å²) in [6.07, 6.45) is -0.434. The molecule has 1 amide bonds. The van der Waals surface area contributed by atoms with Crippen molar-refractivity contribution in [3.05, 3.63) is 32.4 Å². The van der Waals surface area contributed by atoms with Gasteiger partial charge in [-0.15, -0.1) is 0 Å². The fraction of sp³-hybridized carbons (Fsp3) is 0.222. The van der Waals surface area contributed by atoms with E-state index in [1.165, 1.54) is 0 Å². The van der Waals surface area contributed by atoms with Crippen molar-refractivity contribution in [3.63, 3.8) is 0 Å². The molecule has 0 fully saturated rings. The van der Waals surface area contributed by atoms with E-state index in [-0.39, 0.29) is 0 Å². The first kappa shape index (κ1) is 16.3. The molecule has 0 aliphatic rings. The summed E-state index contributed by atoms with van der Waals surface area (Å²) in [5.74, 6) is 0. The van der Waals surface area contributed by atoms with E-state index in [4.69, 9.17) is 0 Å². The van der Waals surface area contributed by atoms with Crippen molar-refractivity contribution in [2.75, 3.05) is 18.7 Å². The van der Waals surface area contributed by atoms with Gasteiger partial charge in [-0.05, 0) is 0 Å². The van der Waals surface area contributed by atoms with Crippen molar-refractivity contribution in [3.8, 4) is 0 Å². The summed E-state index contributed by atoms with van der Waals surface area (Å²) in [6.45, 7) is 0. The van der Waals surface area contributed by atoms with Crippen LogP contribution in [0.2, 0.25) is 0 Å². The zero-order valence-electron chi connectivity index (χ0n) is 10.7. The van der Waals surface area contributed by atoms with Crippen LogP contribution in [0.3, 0.4) is 0 Å². The van der Waals surface area contributed by atoms with Gasteiger partial charge in [-0.3, -0.25) is 25.5 Å². The van der Waals surface area contributed by atoms with Gasteiger partial charge in [-0.25, -0.2) is 13.2 Å². The van der Waals surface area contributed by atoms with Crippen LogP contribution in [0.1, 0.15) is 0 Å². The first-order chi connectivity index (χ1) is 9.57. The third kappa shape index (κ3) is 3.62. The third-order valence-electron chi connectivity index (χ3n) is 2.30. The topological polar surface area (TPSA) is 159 Å². The zero-order valence-corrected chi connectivity index (χ0v) is 11.5. The average Bonchev–Trinajstić information content (AvgIpc) is 2.36. The molecule has 0 heterocycles. The highest BCUT2D eigenvalue weighted by atomic mass is 32.2. The second-order valence-corrected chi connectivity index (χ2v) is 5.76. The fourth-order valence-electron chi connectivity index (χ4n) is 1.37. The Labute approximate surface area is 117 Å². The van der Waals surface area contributed by atoms with Gasteiger partial charge in [0, 0.05) is 18.4 Å². The molecule has 11 nitrogen and oxygen atoms in total. The Hall–Kier alpha value is -2.76. The maximum absolute atomic E-state index is 11.4. The molecule has 0 spiro atoms. The lowest BCUT2D eigenvalue weighted by atomic mass is 10.2. The Balaban J connectivity index is 3.71. The van der Waals surface area contributed by atoms with Gasteiger partial charge in [0.1, 0.15) is 0 Å². The van der Waals surface area contributed by atoms with Crippen molar-refractivity contribution < 1.29 is 27.8 Å². The summed E-state index contributed by atoms with van der Waals surface area (Å²) >= 11 is 0. The number of nitro groups is 2. The number of carbonyl (C=O) groups is 1.